The van der Waals surface area contributed by atoms with Crippen LogP contribution in [0.2, 0.25) is 0 Å². The van der Waals surface area contributed by atoms with Crippen LogP contribution in [0.25, 0.3) is 0 Å². The van der Waals surface area contributed by atoms with E-state index >= 15 is 0 Å². The van der Waals surface area contributed by atoms with E-state index in [1.54, 1.807) is 13.2 Å². The van der Waals surface area contributed by atoms with Gasteiger partial charge in [0.1, 0.15) is 5.75 Å². The van der Waals surface area contributed by atoms with Crippen molar-refractivity contribution >= 4 is 5.96 Å². The molecule has 0 bridgehead atoms. The minimum absolute atomic E-state index is 0.582. The van der Waals surface area contributed by atoms with Crippen LogP contribution in [0.1, 0.15) is 16.7 Å². The number of hydrogen-bond acceptors (Lipinski definition) is 3. The van der Waals surface area contributed by atoms with Crippen LogP contribution in [-0.2, 0) is 13.1 Å². The number of benzene rings is 1. The molecule has 0 fully saturated rings. The van der Waals surface area contributed by atoms with Crippen LogP contribution in [0.5, 0.6) is 11.6 Å². The van der Waals surface area contributed by atoms with Gasteiger partial charge in [-0.15, -0.1) is 0 Å². The average molecular weight is 377 g/mol. The van der Waals surface area contributed by atoms with Gasteiger partial charge in [0.25, 0.3) is 0 Å². The number of nitrogens with zero attached hydrogens (tertiary/aromatic N) is 3. The summed E-state index contributed by atoms with van der Waals surface area (Å²) >= 11 is 0. The summed E-state index contributed by atoms with van der Waals surface area (Å²) in [5.41, 5.74) is 3.52. The number of aromatic nitrogens is 2. The quantitative estimate of drug-likeness (QED) is 0.487. The molecule has 6 nitrogen and oxygen atoms in total. The molecule has 0 atom stereocenters. The Morgan fingerprint density at radius 1 is 1.07 bits per heavy atom. The molecule has 0 aliphatic rings. The number of rotatable bonds is 7. The van der Waals surface area contributed by atoms with Crippen molar-refractivity contribution in [1.82, 2.24) is 20.2 Å². The third-order valence-corrected chi connectivity index (χ3v) is 4.51. The molecule has 3 aromatic rings. The molecule has 0 aliphatic carbocycles. The Morgan fingerprint density at radius 2 is 1.89 bits per heavy atom. The van der Waals surface area contributed by atoms with Crippen LogP contribution in [0.15, 0.2) is 66.0 Å². The van der Waals surface area contributed by atoms with Gasteiger partial charge in [0.05, 0.1) is 0 Å². The Hall–Kier alpha value is -3.28. The van der Waals surface area contributed by atoms with Gasteiger partial charge in [-0.05, 0) is 60.9 Å². The molecule has 0 saturated carbocycles. The Bertz CT molecular complexity index is 918. The first-order chi connectivity index (χ1) is 13.6. The predicted molar refractivity (Wildman–Crippen MR) is 113 cm³/mol. The fraction of sp³-hybridized carbons (Fsp3) is 0.273. The van der Waals surface area contributed by atoms with E-state index in [0.717, 1.165) is 30.4 Å². The Morgan fingerprint density at radius 3 is 2.64 bits per heavy atom. The molecule has 1 aromatic carbocycles. The Balaban J connectivity index is 1.52. The Kier molecular flexibility index (Phi) is 6.68. The van der Waals surface area contributed by atoms with E-state index in [1.165, 1.54) is 11.1 Å². The monoisotopic (exact) mass is 377 g/mol. The minimum atomic E-state index is 0.582. The summed E-state index contributed by atoms with van der Waals surface area (Å²) in [7, 11) is 1.77. The number of hydrogen-bond donors (Lipinski definition) is 2. The zero-order chi connectivity index (χ0) is 19.8. The number of ether oxygens (including phenoxy) is 1. The highest BCUT2D eigenvalue weighted by Gasteiger charge is 2.04. The van der Waals surface area contributed by atoms with E-state index in [0.29, 0.717) is 12.4 Å². The van der Waals surface area contributed by atoms with Crippen molar-refractivity contribution in [1.29, 1.82) is 0 Å². The molecule has 6 heteroatoms. The van der Waals surface area contributed by atoms with Gasteiger partial charge in [-0.3, -0.25) is 4.99 Å². The first kappa shape index (κ1) is 19.5. The fourth-order valence-corrected chi connectivity index (χ4v) is 2.74. The van der Waals surface area contributed by atoms with Gasteiger partial charge >= 0.3 is 0 Å². The second-order valence-electron chi connectivity index (χ2n) is 6.62. The van der Waals surface area contributed by atoms with E-state index in [1.807, 2.05) is 48.8 Å². The third-order valence-electron chi connectivity index (χ3n) is 4.51. The van der Waals surface area contributed by atoms with Crippen molar-refractivity contribution in [2.75, 3.05) is 13.6 Å². The van der Waals surface area contributed by atoms with Crippen molar-refractivity contribution in [3.05, 3.63) is 77.7 Å². The summed E-state index contributed by atoms with van der Waals surface area (Å²) in [4.78, 5) is 8.58. The molecule has 0 saturated heterocycles. The lowest BCUT2D eigenvalue weighted by Crippen LogP contribution is -2.38. The van der Waals surface area contributed by atoms with Gasteiger partial charge in [0, 0.05) is 51.3 Å². The molecule has 0 amide bonds. The smallest absolute Gasteiger partial charge is 0.219 e. The lowest BCUT2D eigenvalue weighted by molar-refractivity contribution is 0.461. The molecule has 0 aliphatic heterocycles. The highest BCUT2D eigenvalue weighted by Crippen LogP contribution is 2.22. The molecule has 0 unspecified atom stereocenters. The third kappa shape index (κ3) is 5.61. The van der Waals surface area contributed by atoms with Gasteiger partial charge in [-0.25, -0.2) is 4.98 Å². The van der Waals surface area contributed by atoms with Gasteiger partial charge in [0.2, 0.25) is 5.88 Å². The van der Waals surface area contributed by atoms with Crippen LogP contribution in [0.4, 0.5) is 0 Å². The second kappa shape index (κ2) is 9.60. The SMILES string of the molecule is CN=C(NCCn1cccc1)NCc1ccnc(Oc2ccc(C)c(C)c2)c1. The number of guanidine groups is 1. The van der Waals surface area contributed by atoms with E-state index in [4.69, 9.17) is 4.74 Å². The molecular weight excluding hydrogens is 350 g/mol. The van der Waals surface area contributed by atoms with Crippen molar-refractivity contribution in [3.63, 3.8) is 0 Å². The second-order valence-corrected chi connectivity index (χ2v) is 6.62. The summed E-state index contributed by atoms with van der Waals surface area (Å²) in [5, 5.41) is 6.63. The molecule has 28 heavy (non-hydrogen) atoms. The van der Waals surface area contributed by atoms with E-state index in [-0.39, 0.29) is 0 Å². The van der Waals surface area contributed by atoms with Crippen molar-refractivity contribution in [2.45, 2.75) is 26.9 Å². The lowest BCUT2D eigenvalue weighted by Gasteiger charge is -2.13. The summed E-state index contributed by atoms with van der Waals surface area (Å²) in [6.07, 6.45) is 5.85. The summed E-state index contributed by atoms with van der Waals surface area (Å²) < 4.78 is 8.03. The standard InChI is InChI=1S/C22H27N5O/c1-17-6-7-20(14-18(17)2)28-21-15-19(8-9-24-21)16-26-22(23-3)25-10-13-27-11-4-5-12-27/h4-9,11-12,14-15H,10,13,16H2,1-3H3,(H2,23,25,26). The van der Waals surface area contributed by atoms with Gasteiger partial charge in [0.15, 0.2) is 5.96 Å². The predicted octanol–water partition coefficient (Wildman–Crippen LogP) is 3.66. The van der Waals surface area contributed by atoms with Crippen molar-refractivity contribution in [3.8, 4) is 11.6 Å². The minimum Gasteiger partial charge on any atom is -0.439 e. The van der Waals surface area contributed by atoms with Crippen LogP contribution in [-0.4, -0.2) is 29.1 Å². The Labute approximate surface area is 166 Å². The topological polar surface area (TPSA) is 63.5 Å². The van der Waals surface area contributed by atoms with E-state index < -0.39 is 0 Å². The van der Waals surface area contributed by atoms with Crippen molar-refractivity contribution < 1.29 is 4.74 Å². The maximum atomic E-state index is 5.91. The first-order valence-corrected chi connectivity index (χ1v) is 9.39. The normalized spacial score (nSPS) is 11.3. The maximum absolute atomic E-state index is 5.91. The zero-order valence-corrected chi connectivity index (χ0v) is 16.6. The van der Waals surface area contributed by atoms with E-state index in [9.17, 15) is 0 Å². The average Bonchev–Trinajstić information content (AvgIpc) is 3.21. The van der Waals surface area contributed by atoms with Crippen molar-refractivity contribution in [2.24, 2.45) is 4.99 Å². The number of aryl methyl sites for hydroxylation is 2. The molecule has 3 rings (SSSR count). The molecule has 2 heterocycles. The summed E-state index contributed by atoms with van der Waals surface area (Å²) in [6.45, 7) is 6.48. The molecular formula is C22H27N5O. The highest BCUT2D eigenvalue weighted by atomic mass is 16.5. The number of pyridine rings is 1. The maximum Gasteiger partial charge on any atom is 0.219 e. The molecule has 0 radical (unpaired) electrons. The van der Waals surface area contributed by atoms with Crippen LogP contribution in [0.3, 0.4) is 0 Å². The van der Waals surface area contributed by atoms with Gasteiger partial charge < -0.3 is 19.9 Å². The number of nitrogens with one attached hydrogen (secondary N) is 2. The van der Waals surface area contributed by atoms with Crippen LogP contribution in [0, 0.1) is 13.8 Å². The molecule has 2 aromatic heterocycles. The summed E-state index contributed by atoms with van der Waals surface area (Å²) in [5.74, 6) is 2.14. The highest BCUT2D eigenvalue weighted by molar-refractivity contribution is 5.79. The largest absolute Gasteiger partial charge is 0.439 e. The molecule has 0 spiro atoms. The first-order valence-electron chi connectivity index (χ1n) is 9.39. The zero-order valence-electron chi connectivity index (χ0n) is 16.6. The number of aliphatic imine (C=N–C) groups is 1. The molecule has 146 valence electrons. The lowest BCUT2D eigenvalue weighted by atomic mass is 10.1. The van der Waals surface area contributed by atoms with Gasteiger partial charge in [-0.1, -0.05) is 6.07 Å². The van der Waals surface area contributed by atoms with Crippen LogP contribution < -0.4 is 15.4 Å². The fourth-order valence-electron chi connectivity index (χ4n) is 2.74. The van der Waals surface area contributed by atoms with E-state index in [2.05, 4.69) is 45.1 Å². The summed E-state index contributed by atoms with van der Waals surface area (Å²) in [6, 6.07) is 14.0. The molecule has 2 N–H and O–H groups in total. The van der Waals surface area contributed by atoms with Gasteiger partial charge in [-0.2, -0.15) is 0 Å². The van der Waals surface area contributed by atoms with Crippen LogP contribution >= 0.6 is 0 Å².